The molecule has 0 aliphatic rings. The highest BCUT2D eigenvalue weighted by Gasteiger charge is 2.12. The highest BCUT2D eigenvalue weighted by molar-refractivity contribution is 9.10. The third-order valence-corrected chi connectivity index (χ3v) is 3.36. The van der Waals surface area contributed by atoms with E-state index in [1.54, 1.807) is 18.2 Å². The van der Waals surface area contributed by atoms with Gasteiger partial charge in [-0.15, -0.1) is 0 Å². The van der Waals surface area contributed by atoms with E-state index in [-0.39, 0.29) is 11.3 Å². The van der Waals surface area contributed by atoms with Crippen LogP contribution in [0.2, 0.25) is 5.02 Å². The molecule has 0 saturated heterocycles. The summed E-state index contributed by atoms with van der Waals surface area (Å²) in [5, 5.41) is 3.15. The van der Waals surface area contributed by atoms with Crippen LogP contribution in [0, 0.1) is 5.82 Å². The van der Waals surface area contributed by atoms with E-state index in [9.17, 15) is 9.18 Å². The summed E-state index contributed by atoms with van der Waals surface area (Å²) in [6, 6.07) is 8.61. The van der Waals surface area contributed by atoms with Crippen LogP contribution in [0.4, 0.5) is 15.8 Å². The molecular weight excluding hydrogens is 335 g/mol. The van der Waals surface area contributed by atoms with Gasteiger partial charge in [0.15, 0.2) is 0 Å². The van der Waals surface area contributed by atoms with Crippen LogP contribution >= 0.6 is 27.5 Å². The first-order valence-corrected chi connectivity index (χ1v) is 6.46. The van der Waals surface area contributed by atoms with Crippen molar-refractivity contribution in [3.63, 3.8) is 0 Å². The van der Waals surface area contributed by atoms with Gasteiger partial charge in [0.1, 0.15) is 5.82 Å². The number of halogens is 3. The standard InChI is InChI=1S/C13H9BrClFN2O/c14-10-4-1-7(15)5-12(10)18-13(19)9-3-2-8(16)6-11(9)17/h1-6H,17H2,(H,18,19). The van der Waals surface area contributed by atoms with Crippen LogP contribution in [0.25, 0.3) is 0 Å². The largest absolute Gasteiger partial charge is 0.398 e. The van der Waals surface area contributed by atoms with Crippen LogP contribution in [-0.4, -0.2) is 5.91 Å². The molecule has 19 heavy (non-hydrogen) atoms. The van der Waals surface area contributed by atoms with E-state index in [2.05, 4.69) is 21.2 Å². The number of carbonyl (C=O) groups is 1. The summed E-state index contributed by atoms with van der Waals surface area (Å²) in [4.78, 5) is 12.0. The van der Waals surface area contributed by atoms with Crippen LogP contribution in [0.1, 0.15) is 10.4 Å². The first-order valence-electron chi connectivity index (χ1n) is 5.29. The van der Waals surface area contributed by atoms with Gasteiger partial charge in [-0.3, -0.25) is 4.79 Å². The van der Waals surface area contributed by atoms with Gasteiger partial charge in [0.25, 0.3) is 5.91 Å². The Hall–Kier alpha value is -1.59. The van der Waals surface area contributed by atoms with Crippen LogP contribution in [0.15, 0.2) is 40.9 Å². The van der Waals surface area contributed by atoms with Gasteiger partial charge in [-0.2, -0.15) is 0 Å². The van der Waals surface area contributed by atoms with Crippen molar-refractivity contribution in [2.24, 2.45) is 0 Å². The molecule has 2 aromatic rings. The van der Waals surface area contributed by atoms with E-state index in [1.165, 1.54) is 12.1 Å². The van der Waals surface area contributed by atoms with E-state index in [0.717, 1.165) is 6.07 Å². The lowest BCUT2D eigenvalue weighted by molar-refractivity contribution is 0.102. The predicted molar refractivity (Wildman–Crippen MR) is 77.9 cm³/mol. The lowest BCUT2D eigenvalue weighted by Crippen LogP contribution is -2.14. The average molecular weight is 344 g/mol. The molecule has 1 amide bonds. The molecule has 0 saturated carbocycles. The highest BCUT2D eigenvalue weighted by atomic mass is 79.9. The van der Waals surface area contributed by atoms with E-state index >= 15 is 0 Å². The highest BCUT2D eigenvalue weighted by Crippen LogP contribution is 2.27. The number of carbonyl (C=O) groups excluding carboxylic acids is 1. The second-order valence-corrected chi connectivity index (χ2v) is 5.10. The quantitative estimate of drug-likeness (QED) is 0.807. The maximum absolute atomic E-state index is 12.9. The second-order valence-electron chi connectivity index (χ2n) is 3.81. The van der Waals surface area contributed by atoms with Gasteiger partial charge in [0.2, 0.25) is 0 Å². The maximum Gasteiger partial charge on any atom is 0.257 e. The number of hydrogen-bond donors (Lipinski definition) is 2. The zero-order valence-electron chi connectivity index (χ0n) is 9.58. The summed E-state index contributed by atoms with van der Waals surface area (Å²) in [5.74, 6) is -0.918. The summed E-state index contributed by atoms with van der Waals surface area (Å²) < 4.78 is 13.6. The number of amides is 1. The molecule has 0 heterocycles. The first kappa shape index (κ1) is 13.8. The molecule has 2 aromatic carbocycles. The van der Waals surface area contributed by atoms with Gasteiger partial charge < -0.3 is 11.1 Å². The Morgan fingerprint density at radius 3 is 2.68 bits per heavy atom. The van der Waals surface area contributed by atoms with Crippen LogP contribution in [0.3, 0.4) is 0 Å². The molecule has 3 N–H and O–H groups in total. The number of hydrogen-bond acceptors (Lipinski definition) is 2. The van der Waals surface area contributed by atoms with Crippen LogP contribution < -0.4 is 11.1 Å². The molecule has 6 heteroatoms. The molecule has 0 aromatic heterocycles. The number of nitrogen functional groups attached to an aromatic ring is 1. The minimum atomic E-state index is -0.488. The molecule has 0 atom stereocenters. The molecule has 0 spiro atoms. The monoisotopic (exact) mass is 342 g/mol. The molecule has 3 nitrogen and oxygen atoms in total. The van der Waals surface area contributed by atoms with E-state index < -0.39 is 11.7 Å². The zero-order valence-corrected chi connectivity index (χ0v) is 11.9. The summed E-state index contributed by atoms with van der Waals surface area (Å²) in [5.41, 5.74) is 6.40. The number of nitrogens with one attached hydrogen (secondary N) is 1. The average Bonchev–Trinajstić information content (AvgIpc) is 2.33. The molecule has 0 fully saturated rings. The van der Waals surface area contributed by atoms with E-state index in [0.29, 0.717) is 15.2 Å². The minimum Gasteiger partial charge on any atom is -0.398 e. The number of rotatable bonds is 2. The summed E-state index contributed by atoms with van der Waals surface area (Å²) >= 11 is 9.15. The van der Waals surface area contributed by atoms with Gasteiger partial charge in [-0.05, 0) is 52.3 Å². The first-order chi connectivity index (χ1) is 8.97. The lowest BCUT2D eigenvalue weighted by atomic mass is 10.1. The van der Waals surface area contributed by atoms with Crippen LogP contribution in [0.5, 0.6) is 0 Å². The van der Waals surface area contributed by atoms with Crippen molar-refractivity contribution in [2.75, 3.05) is 11.1 Å². The second kappa shape index (κ2) is 5.59. The lowest BCUT2D eigenvalue weighted by Gasteiger charge is -2.09. The Morgan fingerprint density at radius 1 is 1.26 bits per heavy atom. The van der Waals surface area contributed by atoms with Gasteiger partial charge in [0.05, 0.1) is 11.3 Å². The number of anilines is 2. The Labute approximate surface area is 122 Å². The van der Waals surface area contributed by atoms with Gasteiger partial charge in [-0.25, -0.2) is 4.39 Å². The summed E-state index contributed by atoms with van der Waals surface area (Å²) in [6.07, 6.45) is 0. The third kappa shape index (κ3) is 3.24. The fraction of sp³-hybridized carbons (Fsp3) is 0. The Kier molecular flexibility index (Phi) is 4.07. The van der Waals surface area contributed by atoms with Gasteiger partial charge in [-0.1, -0.05) is 11.6 Å². The van der Waals surface area contributed by atoms with Crippen molar-refractivity contribution < 1.29 is 9.18 Å². The summed E-state index contributed by atoms with van der Waals surface area (Å²) in [6.45, 7) is 0. The molecule has 0 aliphatic carbocycles. The molecule has 0 unspecified atom stereocenters. The van der Waals surface area contributed by atoms with Crippen molar-refractivity contribution in [1.82, 2.24) is 0 Å². The van der Waals surface area contributed by atoms with Crippen molar-refractivity contribution in [1.29, 1.82) is 0 Å². The Bertz CT molecular complexity index is 649. The molecule has 0 aliphatic heterocycles. The van der Waals surface area contributed by atoms with E-state index in [1.807, 2.05) is 0 Å². The molecule has 2 rings (SSSR count). The smallest absolute Gasteiger partial charge is 0.257 e. The van der Waals surface area contributed by atoms with Gasteiger partial charge >= 0.3 is 0 Å². The zero-order chi connectivity index (χ0) is 14.0. The van der Waals surface area contributed by atoms with Crippen molar-refractivity contribution in [3.8, 4) is 0 Å². The normalized spacial score (nSPS) is 10.3. The molecule has 0 radical (unpaired) electrons. The SMILES string of the molecule is Nc1cc(F)ccc1C(=O)Nc1cc(Cl)ccc1Br. The Morgan fingerprint density at radius 2 is 2.00 bits per heavy atom. The predicted octanol–water partition coefficient (Wildman–Crippen LogP) is 4.08. The van der Waals surface area contributed by atoms with Crippen molar-refractivity contribution in [2.45, 2.75) is 0 Å². The maximum atomic E-state index is 12.9. The van der Waals surface area contributed by atoms with Crippen LogP contribution in [-0.2, 0) is 0 Å². The molecule has 0 bridgehead atoms. The minimum absolute atomic E-state index is 0.0793. The molecule has 98 valence electrons. The van der Waals surface area contributed by atoms with Crippen molar-refractivity contribution in [3.05, 3.63) is 57.3 Å². The summed E-state index contributed by atoms with van der Waals surface area (Å²) in [7, 11) is 0. The fourth-order valence-electron chi connectivity index (χ4n) is 1.52. The van der Waals surface area contributed by atoms with Gasteiger partial charge in [0, 0.05) is 15.2 Å². The number of nitrogens with two attached hydrogens (primary N) is 1. The molecular formula is C13H9BrClFN2O. The van der Waals surface area contributed by atoms with Crippen molar-refractivity contribution >= 4 is 44.8 Å². The fourth-order valence-corrected chi connectivity index (χ4v) is 2.04. The Balaban J connectivity index is 2.28. The topological polar surface area (TPSA) is 55.1 Å². The van der Waals surface area contributed by atoms with E-state index in [4.69, 9.17) is 17.3 Å². The number of benzene rings is 2. The third-order valence-electron chi connectivity index (χ3n) is 2.43.